The van der Waals surface area contributed by atoms with Crippen molar-refractivity contribution < 1.29 is 23.8 Å². The van der Waals surface area contributed by atoms with Crippen LogP contribution in [-0.2, 0) is 4.79 Å². The van der Waals surface area contributed by atoms with Gasteiger partial charge in [0.1, 0.15) is 11.3 Å². The van der Waals surface area contributed by atoms with E-state index in [0.29, 0.717) is 12.0 Å². The van der Waals surface area contributed by atoms with Crippen LogP contribution in [0.3, 0.4) is 0 Å². The monoisotopic (exact) mass is 320 g/mol. The van der Waals surface area contributed by atoms with Gasteiger partial charge in [0.05, 0.1) is 12.0 Å². The molecule has 0 amide bonds. The van der Waals surface area contributed by atoms with Crippen molar-refractivity contribution in [3.8, 4) is 17.2 Å². The van der Waals surface area contributed by atoms with Gasteiger partial charge >= 0.3 is 11.6 Å². The highest BCUT2D eigenvalue weighted by atomic mass is 16.5. The first-order chi connectivity index (χ1) is 11.0. The molecule has 0 radical (unpaired) electrons. The lowest BCUT2D eigenvalue weighted by atomic mass is 10.2. The van der Waals surface area contributed by atoms with Crippen molar-refractivity contribution in [3.05, 3.63) is 28.6 Å². The number of benzene rings is 1. The maximum atomic E-state index is 11.9. The number of hydrogen-bond acceptors (Lipinski definition) is 6. The van der Waals surface area contributed by atoms with Crippen LogP contribution in [-0.4, -0.2) is 17.7 Å². The highest BCUT2D eigenvalue weighted by Crippen LogP contribution is 2.33. The fraction of sp³-hybridized carbons (Fsp3) is 0.412. The second-order valence-corrected chi connectivity index (χ2v) is 5.23. The Kier molecular flexibility index (Phi) is 5.62. The van der Waals surface area contributed by atoms with Crippen LogP contribution in [0.2, 0.25) is 0 Å². The second kappa shape index (κ2) is 7.67. The fourth-order valence-electron chi connectivity index (χ4n) is 2.21. The maximum absolute atomic E-state index is 11.9. The molecule has 2 aromatic rings. The molecule has 1 heterocycles. The van der Waals surface area contributed by atoms with Crippen LogP contribution in [0.5, 0.6) is 17.2 Å². The average Bonchev–Trinajstić information content (AvgIpc) is 2.49. The minimum absolute atomic E-state index is 0.129. The molecule has 0 unspecified atom stereocenters. The topological polar surface area (TPSA) is 86.0 Å². The van der Waals surface area contributed by atoms with Crippen molar-refractivity contribution in [2.24, 2.45) is 0 Å². The molecule has 0 saturated carbocycles. The molecule has 1 aromatic heterocycles. The molecule has 124 valence electrons. The first-order valence-electron chi connectivity index (χ1n) is 7.64. The third-order valence-electron chi connectivity index (χ3n) is 3.32. The van der Waals surface area contributed by atoms with Crippen molar-refractivity contribution in [2.75, 3.05) is 6.61 Å². The van der Waals surface area contributed by atoms with E-state index in [1.165, 1.54) is 25.1 Å². The number of ether oxygens (including phenoxy) is 2. The van der Waals surface area contributed by atoms with Gasteiger partial charge in [0.25, 0.3) is 0 Å². The normalized spacial score (nSPS) is 10.7. The van der Waals surface area contributed by atoms with Crippen LogP contribution < -0.4 is 15.1 Å². The summed E-state index contributed by atoms with van der Waals surface area (Å²) in [6.07, 6.45) is 4.01. The second-order valence-electron chi connectivity index (χ2n) is 5.23. The lowest BCUT2D eigenvalue weighted by Gasteiger charge is -2.09. The van der Waals surface area contributed by atoms with Gasteiger partial charge in [-0.3, -0.25) is 4.79 Å². The smallest absolute Gasteiger partial charge is 0.383 e. The Balaban J connectivity index is 2.23. The van der Waals surface area contributed by atoms with Crippen molar-refractivity contribution in [2.45, 2.75) is 39.5 Å². The van der Waals surface area contributed by atoms with Gasteiger partial charge in [-0.1, -0.05) is 26.2 Å². The zero-order chi connectivity index (χ0) is 16.8. The van der Waals surface area contributed by atoms with Gasteiger partial charge in [-0.05, 0) is 18.6 Å². The van der Waals surface area contributed by atoms with E-state index in [1.807, 2.05) is 0 Å². The number of unbranched alkanes of at least 4 members (excludes halogenated alkanes) is 3. The van der Waals surface area contributed by atoms with Gasteiger partial charge in [0, 0.05) is 13.0 Å². The van der Waals surface area contributed by atoms with E-state index in [1.54, 1.807) is 0 Å². The van der Waals surface area contributed by atoms with Gasteiger partial charge in [-0.15, -0.1) is 0 Å². The van der Waals surface area contributed by atoms with Gasteiger partial charge in [0.2, 0.25) is 5.75 Å². The summed E-state index contributed by atoms with van der Waals surface area (Å²) in [6.45, 7) is 3.72. The molecule has 1 aromatic carbocycles. The van der Waals surface area contributed by atoms with E-state index in [2.05, 4.69) is 6.92 Å². The summed E-state index contributed by atoms with van der Waals surface area (Å²) >= 11 is 0. The summed E-state index contributed by atoms with van der Waals surface area (Å²) in [5.74, 6) is -0.695. The molecule has 0 fully saturated rings. The molecule has 0 aliphatic heterocycles. The number of carbonyl (C=O) groups is 1. The fourth-order valence-corrected chi connectivity index (χ4v) is 2.21. The van der Waals surface area contributed by atoms with Gasteiger partial charge in [-0.2, -0.15) is 0 Å². The van der Waals surface area contributed by atoms with Crippen molar-refractivity contribution >= 4 is 16.9 Å². The number of fused-ring (bicyclic) bond motifs is 1. The van der Waals surface area contributed by atoms with E-state index in [4.69, 9.17) is 13.9 Å². The van der Waals surface area contributed by atoms with Gasteiger partial charge < -0.3 is 19.0 Å². The lowest BCUT2D eigenvalue weighted by molar-refractivity contribution is -0.131. The molecule has 1 N–H and O–H groups in total. The third kappa shape index (κ3) is 4.25. The van der Waals surface area contributed by atoms with Crippen molar-refractivity contribution in [3.63, 3.8) is 0 Å². The molecule has 0 atom stereocenters. The van der Waals surface area contributed by atoms with Crippen molar-refractivity contribution in [1.82, 2.24) is 0 Å². The first kappa shape index (κ1) is 16.9. The quantitative estimate of drug-likeness (QED) is 0.364. The summed E-state index contributed by atoms with van der Waals surface area (Å²) < 4.78 is 15.4. The largest absolute Gasteiger partial charge is 0.504 e. The molecule has 2 rings (SSSR count). The number of hydrogen-bond donors (Lipinski definition) is 1. The predicted octanol–water partition coefficient (Wildman–Crippen LogP) is 3.38. The van der Waals surface area contributed by atoms with Crippen molar-refractivity contribution in [1.29, 1.82) is 0 Å². The van der Waals surface area contributed by atoms with E-state index in [0.717, 1.165) is 25.7 Å². The summed E-state index contributed by atoms with van der Waals surface area (Å²) in [7, 11) is 0. The summed E-state index contributed by atoms with van der Waals surface area (Å²) in [6, 6.07) is 4.40. The molecule has 0 saturated heterocycles. The number of rotatable bonds is 7. The number of esters is 1. The van der Waals surface area contributed by atoms with Gasteiger partial charge in [-0.25, -0.2) is 4.79 Å². The molecule has 23 heavy (non-hydrogen) atoms. The minimum atomic E-state index is -0.759. The minimum Gasteiger partial charge on any atom is -0.504 e. The zero-order valence-corrected chi connectivity index (χ0v) is 13.3. The van der Waals surface area contributed by atoms with E-state index in [9.17, 15) is 14.7 Å². The maximum Gasteiger partial charge on any atom is 0.383 e. The van der Waals surface area contributed by atoms with Crippen LogP contribution in [0.1, 0.15) is 39.5 Å². The van der Waals surface area contributed by atoms with E-state index < -0.39 is 11.6 Å². The number of aromatic hydroxyl groups is 1. The highest BCUT2D eigenvalue weighted by Gasteiger charge is 2.16. The van der Waals surface area contributed by atoms with Crippen LogP contribution in [0, 0.1) is 0 Å². The van der Waals surface area contributed by atoms with Gasteiger partial charge in [0.15, 0.2) is 5.75 Å². The first-order valence-corrected chi connectivity index (χ1v) is 7.64. The Morgan fingerprint density at radius 3 is 2.74 bits per heavy atom. The molecule has 0 spiro atoms. The average molecular weight is 320 g/mol. The lowest BCUT2D eigenvalue weighted by Crippen LogP contribution is -2.09. The predicted molar refractivity (Wildman–Crippen MR) is 85.1 cm³/mol. The SMILES string of the molecule is CCCCCCOc1c(O)c2ccc(OC(C)=O)cc2oc1=O. The molecule has 0 aliphatic carbocycles. The summed E-state index contributed by atoms with van der Waals surface area (Å²) in [4.78, 5) is 22.9. The van der Waals surface area contributed by atoms with E-state index >= 15 is 0 Å². The summed E-state index contributed by atoms with van der Waals surface area (Å²) in [5.41, 5.74) is -0.630. The number of carbonyl (C=O) groups excluding carboxylic acids is 1. The molecule has 6 heteroatoms. The third-order valence-corrected chi connectivity index (χ3v) is 3.32. The highest BCUT2D eigenvalue weighted by molar-refractivity contribution is 5.86. The molecule has 0 aliphatic rings. The Morgan fingerprint density at radius 2 is 2.04 bits per heavy atom. The molecular formula is C17H20O6. The van der Waals surface area contributed by atoms with Crippen LogP contribution >= 0.6 is 0 Å². The zero-order valence-electron chi connectivity index (χ0n) is 13.3. The van der Waals surface area contributed by atoms with Crippen LogP contribution in [0.25, 0.3) is 11.0 Å². The van der Waals surface area contributed by atoms with E-state index in [-0.39, 0.29) is 22.8 Å². The van der Waals surface area contributed by atoms with Crippen LogP contribution in [0.4, 0.5) is 0 Å². The van der Waals surface area contributed by atoms with Crippen LogP contribution in [0.15, 0.2) is 27.4 Å². The Labute approximate surface area is 133 Å². The Hall–Kier alpha value is -2.50. The Bertz CT molecular complexity index is 747. The summed E-state index contributed by atoms with van der Waals surface area (Å²) in [5, 5.41) is 10.5. The Morgan fingerprint density at radius 1 is 1.26 bits per heavy atom. The molecular weight excluding hydrogens is 300 g/mol. The molecule has 0 bridgehead atoms. The standard InChI is InChI=1S/C17H20O6/c1-3-4-5-6-9-21-16-15(19)13-8-7-12(22-11(2)18)10-14(13)23-17(16)20/h7-8,10,19H,3-6,9H2,1-2H3. The molecule has 6 nitrogen and oxygen atoms in total.